The summed E-state index contributed by atoms with van der Waals surface area (Å²) in [4.78, 5) is 26.1. The zero-order valence-corrected chi connectivity index (χ0v) is 12.7. The molecule has 3 rings (SSSR count). The van der Waals surface area contributed by atoms with Gasteiger partial charge in [0.05, 0.1) is 0 Å². The van der Waals surface area contributed by atoms with Gasteiger partial charge in [0.25, 0.3) is 0 Å². The van der Waals surface area contributed by atoms with Crippen LogP contribution >= 0.6 is 0 Å². The van der Waals surface area contributed by atoms with Crippen LogP contribution in [-0.2, 0) is 9.59 Å². The molecular weight excluding hydrogens is 266 g/mol. The van der Waals surface area contributed by atoms with Gasteiger partial charge in [-0.15, -0.1) is 0 Å². The van der Waals surface area contributed by atoms with Gasteiger partial charge >= 0.3 is 0 Å². The Kier molecular flexibility index (Phi) is 4.48. The summed E-state index contributed by atoms with van der Waals surface area (Å²) in [5.74, 6) is 1.48. The molecule has 0 aromatic heterocycles. The Balaban J connectivity index is 1.65. The number of nitrogens with zero attached hydrogens (tertiary/aromatic N) is 1. The average Bonchev–Trinajstić information content (AvgIpc) is 2.53. The molecule has 4 atom stereocenters. The van der Waals surface area contributed by atoms with Gasteiger partial charge in [0, 0.05) is 25.6 Å². The second kappa shape index (κ2) is 6.34. The molecule has 0 aromatic rings. The van der Waals surface area contributed by atoms with Crippen molar-refractivity contribution in [1.82, 2.24) is 10.2 Å². The third kappa shape index (κ3) is 3.07. The molecule has 0 spiro atoms. The molecule has 5 heteroatoms. The lowest BCUT2D eigenvalue weighted by molar-refractivity contribution is -0.145. The van der Waals surface area contributed by atoms with E-state index in [4.69, 9.17) is 5.73 Å². The number of amides is 2. The summed E-state index contributed by atoms with van der Waals surface area (Å²) in [6.45, 7) is 1.87. The fourth-order valence-corrected chi connectivity index (χ4v) is 4.55. The van der Waals surface area contributed by atoms with Crippen molar-refractivity contribution in [2.24, 2.45) is 23.5 Å². The first-order valence-electron chi connectivity index (χ1n) is 8.47. The fraction of sp³-hybridized carbons (Fsp3) is 0.875. The van der Waals surface area contributed by atoms with E-state index in [2.05, 4.69) is 5.32 Å². The molecular formula is C16H27N3O2. The molecule has 21 heavy (non-hydrogen) atoms. The molecule has 2 aliphatic carbocycles. The van der Waals surface area contributed by atoms with Crippen molar-refractivity contribution in [3.05, 3.63) is 0 Å². The fourth-order valence-electron chi connectivity index (χ4n) is 4.55. The molecule has 1 heterocycles. The third-order valence-corrected chi connectivity index (χ3v) is 5.74. The summed E-state index contributed by atoms with van der Waals surface area (Å²) in [5.41, 5.74) is 5.46. The van der Waals surface area contributed by atoms with Crippen LogP contribution in [0.2, 0.25) is 0 Å². The van der Waals surface area contributed by atoms with Crippen LogP contribution in [0.4, 0.5) is 0 Å². The van der Waals surface area contributed by atoms with E-state index in [1.165, 1.54) is 32.1 Å². The van der Waals surface area contributed by atoms with Crippen LogP contribution in [0.15, 0.2) is 0 Å². The monoisotopic (exact) mass is 293 g/mol. The Labute approximate surface area is 126 Å². The van der Waals surface area contributed by atoms with E-state index in [1.807, 2.05) is 0 Å². The van der Waals surface area contributed by atoms with Gasteiger partial charge in [-0.25, -0.2) is 0 Å². The minimum absolute atomic E-state index is 0.115. The van der Waals surface area contributed by atoms with Gasteiger partial charge in [0.2, 0.25) is 11.8 Å². The van der Waals surface area contributed by atoms with Gasteiger partial charge in [0.15, 0.2) is 0 Å². The standard InChI is InChI=1S/C16H27N3O2/c17-15(20)14-10-18-7-8-19(14)16(21)13-6-5-11-3-1-2-4-12(11)9-13/h11-14,18H,1-10H2,(H2,17,20). The van der Waals surface area contributed by atoms with E-state index in [-0.39, 0.29) is 17.7 Å². The molecule has 1 aliphatic heterocycles. The molecule has 4 unspecified atom stereocenters. The Morgan fingerprint density at radius 1 is 1.05 bits per heavy atom. The lowest BCUT2D eigenvalue weighted by Crippen LogP contribution is -2.60. The van der Waals surface area contributed by atoms with Crippen LogP contribution in [0.5, 0.6) is 0 Å². The minimum atomic E-state index is -0.463. The molecule has 3 N–H and O–H groups in total. The highest BCUT2D eigenvalue weighted by Crippen LogP contribution is 2.43. The number of fused-ring (bicyclic) bond motifs is 1. The first-order chi connectivity index (χ1) is 10.2. The smallest absolute Gasteiger partial charge is 0.241 e. The zero-order valence-electron chi connectivity index (χ0n) is 12.7. The predicted octanol–water partition coefficient (Wildman–Crippen LogP) is 0.879. The van der Waals surface area contributed by atoms with Crippen molar-refractivity contribution in [1.29, 1.82) is 0 Å². The van der Waals surface area contributed by atoms with E-state index >= 15 is 0 Å². The van der Waals surface area contributed by atoms with Crippen LogP contribution < -0.4 is 11.1 Å². The van der Waals surface area contributed by atoms with Gasteiger partial charge < -0.3 is 16.0 Å². The van der Waals surface area contributed by atoms with Crippen molar-refractivity contribution < 1.29 is 9.59 Å². The second-order valence-corrected chi connectivity index (χ2v) is 6.97. The second-order valence-electron chi connectivity index (χ2n) is 6.97. The number of hydrogen-bond acceptors (Lipinski definition) is 3. The van der Waals surface area contributed by atoms with Crippen molar-refractivity contribution in [2.45, 2.75) is 51.0 Å². The van der Waals surface area contributed by atoms with Gasteiger partial charge in [-0.3, -0.25) is 9.59 Å². The number of carbonyl (C=O) groups is 2. The van der Waals surface area contributed by atoms with Crippen LogP contribution in [0.1, 0.15) is 44.9 Å². The molecule has 2 amide bonds. The number of primary amides is 1. The quantitative estimate of drug-likeness (QED) is 0.793. The Morgan fingerprint density at radius 2 is 1.81 bits per heavy atom. The number of carbonyl (C=O) groups excluding carboxylic acids is 2. The summed E-state index contributed by atoms with van der Waals surface area (Å²) in [6.07, 6.45) is 8.53. The average molecular weight is 293 g/mol. The summed E-state index contributed by atoms with van der Waals surface area (Å²) in [6, 6.07) is -0.463. The number of rotatable bonds is 2. The highest BCUT2D eigenvalue weighted by atomic mass is 16.2. The molecule has 1 saturated heterocycles. The van der Waals surface area contributed by atoms with Crippen LogP contribution in [0, 0.1) is 17.8 Å². The number of piperazine rings is 1. The Bertz CT molecular complexity index is 412. The normalized spacial score (nSPS) is 36.9. The van der Waals surface area contributed by atoms with E-state index < -0.39 is 6.04 Å². The first kappa shape index (κ1) is 14.8. The zero-order chi connectivity index (χ0) is 14.8. The van der Waals surface area contributed by atoms with Gasteiger partial charge in [-0.2, -0.15) is 0 Å². The largest absolute Gasteiger partial charge is 0.368 e. The lowest BCUT2D eigenvalue weighted by atomic mass is 9.67. The predicted molar refractivity (Wildman–Crippen MR) is 80.4 cm³/mol. The SMILES string of the molecule is NC(=O)C1CNCCN1C(=O)C1CCC2CCCCC2C1. The minimum Gasteiger partial charge on any atom is -0.368 e. The van der Waals surface area contributed by atoms with Crippen LogP contribution in [-0.4, -0.2) is 42.4 Å². The molecule has 0 bridgehead atoms. The highest BCUT2D eigenvalue weighted by Gasteiger charge is 2.39. The van der Waals surface area contributed by atoms with E-state index in [0.29, 0.717) is 13.1 Å². The summed E-state index contributed by atoms with van der Waals surface area (Å²) < 4.78 is 0. The summed E-state index contributed by atoms with van der Waals surface area (Å²) >= 11 is 0. The first-order valence-corrected chi connectivity index (χ1v) is 8.47. The van der Waals surface area contributed by atoms with E-state index in [1.54, 1.807) is 4.90 Å². The molecule has 2 saturated carbocycles. The van der Waals surface area contributed by atoms with Crippen molar-refractivity contribution >= 4 is 11.8 Å². The lowest BCUT2D eigenvalue weighted by Gasteiger charge is -2.42. The van der Waals surface area contributed by atoms with Crippen LogP contribution in [0.25, 0.3) is 0 Å². The number of nitrogens with one attached hydrogen (secondary N) is 1. The number of hydrogen-bond donors (Lipinski definition) is 2. The summed E-state index contributed by atoms with van der Waals surface area (Å²) in [5, 5.41) is 3.15. The third-order valence-electron chi connectivity index (χ3n) is 5.74. The molecule has 3 fully saturated rings. The maximum absolute atomic E-state index is 12.8. The van der Waals surface area contributed by atoms with Crippen molar-refractivity contribution in [2.75, 3.05) is 19.6 Å². The summed E-state index contributed by atoms with van der Waals surface area (Å²) in [7, 11) is 0. The van der Waals surface area contributed by atoms with E-state index in [9.17, 15) is 9.59 Å². The molecule has 0 radical (unpaired) electrons. The van der Waals surface area contributed by atoms with E-state index in [0.717, 1.165) is 31.2 Å². The van der Waals surface area contributed by atoms with Crippen molar-refractivity contribution in [3.8, 4) is 0 Å². The van der Waals surface area contributed by atoms with Crippen LogP contribution in [0.3, 0.4) is 0 Å². The molecule has 5 nitrogen and oxygen atoms in total. The highest BCUT2D eigenvalue weighted by molar-refractivity contribution is 5.88. The Hall–Kier alpha value is -1.10. The van der Waals surface area contributed by atoms with Gasteiger partial charge in [-0.05, 0) is 31.1 Å². The molecule has 118 valence electrons. The molecule has 0 aromatic carbocycles. The molecule has 3 aliphatic rings. The van der Waals surface area contributed by atoms with Gasteiger partial charge in [0.1, 0.15) is 6.04 Å². The number of nitrogens with two attached hydrogens (primary N) is 1. The maximum Gasteiger partial charge on any atom is 0.241 e. The topological polar surface area (TPSA) is 75.4 Å². The van der Waals surface area contributed by atoms with Crippen molar-refractivity contribution in [3.63, 3.8) is 0 Å². The maximum atomic E-state index is 12.8. The van der Waals surface area contributed by atoms with Gasteiger partial charge in [-0.1, -0.05) is 25.7 Å². The Morgan fingerprint density at radius 3 is 2.57 bits per heavy atom.